The van der Waals surface area contributed by atoms with E-state index in [9.17, 15) is 18.8 Å². The Morgan fingerprint density at radius 2 is 1.67 bits per heavy atom. The number of likely N-dealkylation sites (tertiary alicyclic amines) is 1. The molecule has 1 N–H and O–H groups in total. The van der Waals surface area contributed by atoms with Crippen molar-refractivity contribution < 1.29 is 18.7 Å². The highest BCUT2D eigenvalue weighted by atomic mass is 19.1. The number of rotatable bonds is 6. The zero-order valence-electron chi connectivity index (χ0n) is 19.4. The number of halogens is 1. The molecule has 0 aliphatic carbocycles. The molecule has 1 aliphatic rings. The Balaban J connectivity index is 1.28. The fraction of sp³-hybridized carbons (Fsp3) is 0.214. The predicted molar refractivity (Wildman–Crippen MR) is 133 cm³/mol. The number of H-pyrrole nitrogens is 1. The first-order valence-corrected chi connectivity index (χ1v) is 11.8. The summed E-state index contributed by atoms with van der Waals surface area (Å²) in [5.41, 5.74) is 0.513. The number of fused-ring (bicyclic) bond motifs is 1. The van der Waals surface area contributed by atoms with Gasteiger partial charge >= 0.3 is 0 Å². The molecular formula is C28H24FN3O4. The SMILES string of the molecule is O=C(Cc1ccccc1)C1CCN(C(=O)c2cc(Oc3n[nH]c(=O)c4ccccc34)ccc2F)CC1. The maximum absolute atomic E-state index is 14.6. The molecule has 2 heterocycles. The summed E-state index contributed by atoms with van der Waals surface area (Å²) >= 11 is 0. The van der Waals surface area contributed by atoms with Crippen LogP contribution in [-0.2, 0) is 11.2 Å². The maximum Gasteiger partial charge on any atom is 0.272 e. The summed E-state index contributed by atoms with van der Waals surface area (Å²) in [6.07, 6.45) is 1.46. The molecule has 1 amide bonds. The van der Waals surface area contributed by atoms with Gasteiger partial charge in [-0.1, -0.05) is 42.5 Å². The molecule has 182 valence electrons. The topological polar surface area (TPSA) is 92.4 Å². The number of amides is 1. The summed E-state index contributed by atoms with van der Waals surface area (Å²) < 4.78 is 20.5. The molecule has 3 aromatic carbocycles. The van der Waals surface area contributed by atoms with Crippen molar-refractivity contribution in [2.75, 3.05) is 13.1 Å². The molecule has 1 saturated heterocycles. The number of hydrogen-bond donors (Lipinski definition) is 1. The third kappa shape index (κ3) is 4.88. The zero-order valence-corrected chi connectivity index (χ0v) is 19.4. The van der Waals surface area contributed by atoms with Crippen LogP contribution in [0.5, 0.6) is 11.6 Å². The van der Waals surface area contributed by atoms with Gasteiger partial charge in [0.05, 0.1) is 16.3 Å². The highest BCUT2D eigenvalue weighted by molar-refractivity contribution is 5.95. The van der Waals surface area contributed by atoms with Gasteiger partial charge in [-0.3, -0.25) is 14.4 Å². The number of Topliss-reactive ketones (excluding diaryl/α,β-unsaturated/α-hetero) is 1. The van der Waals surface area contributed by atoms with Crippen LogP contribution in [0.2, 0.25) is 0 Å². The van der Waals surface area contributed by atoms with E-state index in [1.54, 1.807) is 29.2 Å². The minimum Gasteiger partial charge on any atom is -0.437 e. The van der Waals surface area contributed by atoms with Crippen molar-refractivity contribution in [1.82, 2.24) is 15.1 Å². The number of benzene rings is 3. The van der Waals surface area contributed by atoms with E-state index in [4.69, 9.17) is 4.74 Å². The summed E-state index contributed by atoms with van der Waals surface area (Å²) in [5.74, 6) is -0.700. The summed E-state index contributed by atoms with van der Waals surface area (Å²) in [7, 11) is 0. The zero-order chi connectivity index (χ0) is 25.1. The molecule has 0 spiro atoms. The van der Waals surface area contributed by atoms with Crippen molar-refractivity contribution in [3.05, 3.63) is 100 Å². The van der Waals surface area contributed by atoms with E-state index in [1.807, 2.05) is 30.3 Å². The molecule has 0 saturated carbocycles. The van der Waals surface area contributed by atoms with Crippen LogP contribution < -0.4 is 10.3 Å². The smallest absolute Gasteiger partial charge is 0.272 e. The Morgan fingerprint density at radius 3 is 2.42 bits per heavy atom. The average Bonchev–Trinajstić information content (AvgIpc) is 2.92. The summed E-state index contributed by atoms with van der Waals surface area (Å²) in [4.78, 5) is 39.4. The fourth-order valence-electron chi connectivity index (χ4n) is 4.53. The van der Waals surface area contributed by atoms with Gasteiger partial charge in [0.2, 0.25) is 5.88 Å². The van der Waals surface area contributed by atoms with Gasteiger partial charge in [-0.25, -0.2) is 9.49 Å². The Bertz CT molecular complexity index is 1480. The van der Waals surface area contributed by atoms with Crippen LogP contribution in [-0.4, -0.2) is 39.9 Å². The van der Waals surface area contributed by atoms with Gasteiger partial charge in [-0.05, 0) is 48.7 Å². The molecule has 1 aromatic heterocycles. The predicted octanol–water partition coefficient (Wildman–Crippen LogP) is 4.52. The van der Waals surface area contributed by atoms with Gasteiger partial charge < -0.3 is 9.64 Å². The molecule has 5 rings (SSSR count). The number of carbonyl (C=O) groups excluding carboxylic acids is 2. The lowest BCUT2D eigenvalue weighted by Gasteiger charge is -2.31. The van der Waals surface area contributed by atoms with Gasteiger partial charge in [0.25, 0.3) is 11.5 Å². The maximum atomic E-state index is 14.6. The van der Waals surface area contributed by atoms with Crippen molar-refractivity contribution in [2.45, 2.75) is 19.3 Å². The lowest BCUT2D eigenvalue weighted by atomic mass is 9.89. The minimum absolute atomic E-state index is 0.115. The summed E-state index contributed by atoms with van der Waals surface area (Å²) in [5, 5.41) is 7.26. The van der Waals surface area contributed by atoms with E-state index in [1.165, 1.54) is 18.2 Å². The number of carbonyl (C=O) groups is 2. The molecule has 4 aromatic rings. The van der Waals surface area contributed by atoms with Crippen LogP contribution in [0.15, 0.2) is 77.6 Å². The molecule has 0 unspecified atom stereocenters. The highest BCUT2D eigenvalue weighted by Crippen LogP contribution is 2.28. The number of aromatic nitrogens is 2. The van der Waals surface area contributed by atoms with Crippen molar-refractivity contribution in [1.29, 1.82) is 0 Å². The van der Waals surface area contributed by atoms with Gasteiger partial charge in [0, 0.05) is 25.4 Å². The van der Waals surface area contributed by atoms with Gasteiger partial charge in [-0.15, -0.1) is 5.10 Å². The summed E-state index contributed by atoms with van der Waals surface area (Å²) in [6.45, 7) is 0.751. The molecule has 7 nitrogen and oxygen atoms in total. The number of nitrogens with one attached hydrogen (secondary N) is 1. The normalized spacial score (nSPS) is 14.1. The first-order valence-electron chi connectivity index (χ1n) is 11.8. The Morgan fingerprint density at radius 1 is 0.972 bits per heavy atom. The Kier molecular flexibility index (Phi) is 6.58. The van der Waals surface area contributed by atoms with E-state index < -0.39 is 11.7 Å². The van der Waals surface area contributed by atoms with E-state index in [2.05, 4.69) is 10.2 Å². The van der Waals surface area contributed by atoms with E-state index in [0.717, 1.165) is 5.56 Å². The lowest BCUT2D eigenvalue weighted by molar-refractivity contribution is -0.123. The van der Waals surface area contributed by atoms with Crippen LogP contribution in [0.3, 0.4) is 0 Å². The molecule has 0 atom stereocenters. The molecule has 0 radical (unpaired) electrons. The molecule has 36 heavy (non-hydrogen) atoms. The quantitative estimate of drug-likeness (QED) is 0.434. The van der Waals surface area contributed by atoms with Crippen molar-refractivity contribution >= 4 is 22.5 Å². The molecule has 1 aliphatic heterocycles. The average molecular weight is 486 g/mol. The van der Waals surface area contributed by atoms with Crippen LogP contribution in [0.4, 0.5) is 4.39 Å². The molecule has 0 bridgehead atoms. The van der Waals surface area contributed by atoms with E-state index in [0.29, 0.717) is 43.1 Å². The Labute approximate surface area is 206 Å². The van der Waals surface area contributed by atoms with Crippen molar-refractivity contribution in [3.63, 3.8) is 0 Å². The van der Waals surface area contributed by atoms with Crippen molar-refractivity contribution in [3.8, 4) is 11.6 Å². The third-order valence-corrected chi connectivity index (χ3v) is 6.50. The number of aromatic amines is 1. The standard InChI is InChI=1S/C28H24FN3O4/c29-24-11-10-20(36-27-22-9-5-4-8-21(22)26(34)30-31-27)17-23(24)28(35)32-14-12-19(13-15-32)25(33)16-18-6-2-1-3-7-18/h1-11,17,19H,12-16H2,(H,30,34). The first-order chi connectivity index (χ1) is 17.5. The van der Waals surface area contributed by atoms with Gasteiger partial charge in [0.15, 0.2) is 0 Å². The Hall–Kier alpha value is -4.33. The minimum atomic E-state index is -0.658. The molecule has 8 heteroatoms. The number of ketones is 1. The second-order valence-corrected chi connectivity index (χ2v) is 8.84. The second-order valence-electron chi connectivity index (χ2n) is 8.84. The van der Waals surface area contributed by atoms with E-state index in [-0.39, 0.29) is 34.5 Å². The van der Waals surface area contributed by atoms with Crippen LogP contribution in [0, 0.1) is 11.7 Å². The van der Waals surface area contributed by atoms with E-state index >= 15 is 0 Å². The molecule has 1 fully saturated rings. The number of nitrogens with zero attached hydrogens (tertiary/aromatic N) is 2. The van der Waals surface area contributed by atoms with Gasteiger partial charge in [-0.2, -0.15) is 0 Å². The third-order valence-electron chi connectivity index (χ3n) is 6.50. The number of ether oxygens (including phenoxy) is 1. The first kappa shape index (κ1) is 23.4. The fourth-order valence-corrected chi connectivity index (χ4v) is 4.53. The van der Waals surface area contributed by atoms with Gasteiger partial charge in [0.1, 0.15) is 17.3 Å². The lowest BCUT2D eigenvalue weighted by Crippen LogP contribution is -2.40. The van der Waals surface area contributed by atoms with Crippen LogP contribution in [0.1, 0.15) is 28.8 Å². The molecular weight excluding hydrogens is 461 g/mol. The largest absolute Gasteiger partial charge is 0.437 e. The number of piperidine rings is 1. The van der Waals surface area contributed by atoms with Crippen LogP contribution >= 0.6 is 0 Å². The second kappa shape index (κ2) is 10.1. The monoisotopic (exact) mass is 485 g/mol. The highest BCUT2D eigenvalue weighted by Gasteiger charge is 2.29. The summed E-state index contributed by atoms with van der Waals surface area (Å²) in [6, 6.07) is 20.3. The van der Waals surface area contributed by atoms with Crippen LogP contribution in [0.25, 0.3) is 10.8 Å². The van der Waals surface area contributed by atoms with Crippen molar-refractivity contribution in [2.24, 2.45) is 5.92 Å². The number of hydrogen-bond acceptors (Lipinski definition) is 5.